The zero-order chi connectivity index (χ0) is 14.1. The normalized spacial score (nSPS) is 24.6. The van der Waals surface area contributed by atoms with E-state index >= 15 is 0 Å². The molecule has 0 spiro atoms. The van der Waals surface area contributed by atoms with E-state index in [4.69, 9.17) is 4.74 Å². The molecule has 1 heterocycles. The lowest BCUT2D eigenvalue weighted by Crippen LogP contribution is -2.59. The molecule has 1 aromatic rings. The lowest BCUT2D eigenvalue weighted by molar-refractivity contribution is -0.283. The number of rotatable bonds is 2. The molecule has 1 atom stereocenters. The summed E-state index contributed by atoms with van der Waals surface area (Å²) in [4.78, 5) is 12.8. The molecule has 0 aromatic heterocycles. The molecule has 1 aliphatic heterocycles. The topological polar surface area (TPSA) is 29.5 Å². The van der Waals surface area contributed by atoms with E-state index in [1.165, 1.54) is 4.90 Å². The molecule has 104 valence electrons. The summed E-state index contributed by atoms with van der Waals surface area (Å²) in [5.41, 5.74) is -1.50. The monoisotopic (exact) mass is 273 g/mol. The molecule has 1 aromatic carbocycles. The van der Waals surface area contributed by atoms with Crippen LogP contribution in [0.5, 0.6) is 0 Å². The highest BCUT2D eigenvalue weighted by Crippen LogP contribution is 2.36. The summed E-state index contributed by atoms with van der Waals surface area (Å²) in [5, 5.41) is 0. The molecule has 1 fully saturated rings. The maximum atomic E-state index is 12.9. The molecule has 19 heavy (non-hydrogen) atoms. The predicted molar refractivity (Wildman–Crippen MR) is 62.3 cm³/mol. The van der Waals surface area contributed by atoms with Crippen molar-refractivity contribution in [1.29, 1.82) is 0 Å². The van der Waals surface area contributed by atoms with E-state index in [-0.39, 0.29) is 6.54 Å². The highest BCUT2D eigenvalue weighted by molar-refractivity contribution is 5.78. The van der Waals surface area contributed by atoms with Gasteiger partial charge in [-0.3, -0.25) is 4.79 Å². The van der Waals surface area contributed by atoms with Crippen molar-refractivity contribution in [2.45, 2.75) is 25.2 Å². The Morgan fingerprint density at radius 1 is 1.32 bits per heavy atom. The van der Waals surface area contributed by atoms with E-state index in [9.17, 15) is 18.0 Å². The number of carbonyl (C=O) groups is 1. The van der Waals surface area contributed by atoms with Crippen LogP contribution in [0.15, 0.2) is 30.3 Å². The number of morpholine rings is 1. The van der Waals surface area contributed by atoms with Gasteiger partial charge in [0, 0.05) is 6.54 Å². The molecule has 0 bridgehead atoms. The number of ether oxygens (including phenoxy) is 1. The number of halogens is 3. The number of nitrogens with zero attached hydrogens (tertiary/aromatic N) is 1. The van der Waals surface area contributed by atoms with Crippen LogP contribution >= 0.6 is 0 Å². The third-order valence-electron chi connectivity index (χ3n) is 3.18. The summed E-state index contributed by atoms with van der Waals surface area (Å²) in [7, 11) is 0. The number of hydrogen-bond donors (Lipinski definition) is 0. The Morgan fingerprint density at radius 3 is 2.53 bits per heavy atom. The molecule has 0 N–H and O–H groups in total. The van der Waals surface area contributed by atoms with Gasteiger partial charge in [-0.1, -0.05) is 30.3 Å². The van der Waals surface area contributed by atoms with Crippen LogP contribution in [0.25, 0.3) is 0 Å². The van der Waals surface area contributed by atoms with E-state index in [1.807, 2.05) is 6.07 Å². The van der Waals surface area contributed by atoms with Crippen molar-refractivity contribution in [2.24, 2.45) is 0 Å². The van der Waals surface area contributed by atoms with Gasteiger partial charge in [0.25, 0.3) is 0 Å². The molecule has 1 amide bonds. The van der Waals surface area contributed by atoms with Gasteiger partial charge in [0.1, 0.15) is 6.61 Å². The number of hydrogen-bond acceptors (Lipinski definition) is 2. The summed E-state index contributed by atoms with van der Waals surface area (Å²) in [5.74, 6) is -0.425. The quantitative estimate of drug-likeness (QED) is 0.828. The second kappa shape index (κ2) is 4.85. The van der Waals surface area contributed by atoms with Crippen molar-refractivity contribution in [3.63, 3.8) is 0 Å². The summed E-state index contributed by atoms with van der Waals surface area (Å²) >= 11 is 0. The Kier molecular flexibility index (Phi) is 3.54. The second-order valence-corrected chi connectivity index (χ2v) is 4.75. The second-order valence-electron chi connectivity index (χ2n) is 4.75. The molecule has 0 radical (unpaired) electrons. The average molecular weight is 273 g/mol. The smallest absolute Gasteiger partial charge is 0.354 e. The van der Waals surface area contributed by atoms with Crippen LogP contribution in [0.3, 0.4) is 0 Å². The summed E-state index contributed by atoms with van der Waals surface area (Å²) < 4.78 is 43.4. The Balaban J connectivity index is 2.14. The number of carbonyl (C=O) groups excluding carboxylic acids is 1. The maximum absolute atomic E-state index is 12.9. The van der Waals surface area contributed by atoms with E-state index in [0.29, 0.717) is 0 Å². The van der Waals surface area contributed by atoms with E-state index in [1.54, 1.807) is 24.3 Å². The largest absolute Gasteiger partial charge is 0.418 e. The highest BCUT2D eigenvalue weighted by atomic mass is 19.4. The third kappa shape index (κ3) is 2.89. The van der Waals surface area contributed by atoms with Crippen LogP contribution in [0.2, 0.25) is 0 Å². The van der Waals surface area contributed by atoms with Crippen LogP contribution in [0.1, 0.15) is 12.5 Å². The molecule has 0 aliphatic carbocycles. The molecule has 1 saturated heterocycles. The average Bonchev–Trinajstić information content (AvgIpc) is 2.34. The van der Waals surface area contributed by atoms with Gasteiger partial charge < -0.3 is 9.64 Å². The SMILES string of the molecule is CC1(C(F)(F)F)CN(Cc2ccccc2)C(=O)CO1. The van der Waals surface area contributed by atoms with Crippen LogP contribution < -0.4 is 0 Å². The minimum atomic E-state index is -4.50. The van der Waals surface area contributed by atoms with Gasteiger partial charge in [-0.2, -0.15) is 13.2 Å². The van der Waals surface area contributed by atoms with Gasteiger partial charge in [0.05, 0.1) is 6.54 Å². The molecular formula is C13H14F3NO2. The van der Waals surface area contributed by atoms with Gasteiger partial charge in [0.15, 0.2) is 5.60 Å². The minimum Gasteiger partial charge on any atom is -0.354 e. The van der Waals surface area contributed by atoms with Crippen LogP contribution in [0.4, 0.5) is 13.2 Å². The summed E-state index contributed by atoms with van der Waals surface area (Å²) in [6.45, 7) is 0.110. The third-order valence-corrected chi connectivity index (χ3v) is 3.18. The molecule has 0 saturated carbocycles. The van der Waals surface area contributed by atoms with Gasteiger partial charge in [0.2, 0.25) is 5.91 Å². The first-order chi connectivity index (χ1) is 8.82. The fraction of sp³-hybridized carbons (Fsp3) is 0.462. The lowest BCUT2D eigenvalue weighted by atomic mass is 10.0. The maximum Gasteiger partial charge on any atom is 0.418 e. The molecule has 1 unspecified atom stereocenters. The van der Waals surface area contributed by atoms with Crippen molar-refractivity contribution in [3.05, 3.63) is 35.9 Å². The summed E-state index contributed by atoms with van der Waals surface area (Å²) in [6, 6.07) is 8.91. The standard InChI is InChI=1S/C13H14F3NO2/c1-12(13(14,15)16)9-17(11(18)8-19-12)7-10-5-3-2-4-6-10/h2-6H,7-9H2,1H3. The molecule has 6 heteroatoms. The first-order valence-electron chi connectivity index (χ1n) is 5.84. The van der Waals surface area contributed by atoms with Gasteiger partial charge in [-0.15, -0.1) is 0 Å². The van der Waals surface area contributed by atoms with Crippen LogP contribution in [0, 0.1) is 0 Å². The van der Waals surface area contributed by atoms with Crippen molar-refractivity contribution < 1.29 is 22.7 Å². The molecular weight excluding hydrogens is 259 g/mol. The minimum absolute atomic E-state index is 0.161. The van der Waals surface area contributed by atoms with Gasteiger partial charge in [-0.25, -0.2) is 0 Å². The predicted octanol–water partition coefficient (Wildman–Crippen LogP) is 2.37. The van der Waals surface area contributed by atoms with Gasteiger partial charge in [-0.05, 0) is 12.5 Å². The van der Waals surface area contributed by atoms with Crippen molar-refractivity contribution in [3.8, 4) is 0 Å². The van der Waals surface area contributed by atoms with Crippen molar-refractivity contribution in [2.75, 3.05) is 13.2 Å². The van der Waals surface area contributed by atoms with E-state index in [0.717, 1.165) is 12.5 Å². The zero-order valence-electron chi connectivity index (χ0n) is 10.4. The number of amides is 1. The van der Waals surface area contributed by atoms with Gasteiger partial charge >= 0.3 is 6.18 Å². The fourth-order valence-corrected chi connectivity index (χ4v) is 1.93. The van der Waals surface area contributed by atoms with E-state index < -0.39 is 30.8 Å². The Bertz CT molecular complexity index is 461. The summed E-state index contributed by atoms with van der Waals surface area (Å²) in [6.07, 6.45) is -4.50. The first-order valence-corrected chi connectivity index (χ1v) is 5.84. The lowest BCUT2D eigenvalue weighted by Gasteiger charge is -2.41. The molecule has 1 aliphatic rings. The van der Waals surface area contributed by atoms with E-state index in [2.05, 4.69) is 0 Å². The van der Waals surface area contributed by atoms with Crippen LogP contribution in [-0.4, -0.2) is 35.7 Å². The Hall–Kier alpha value is -1.56. The number of alkyl halides is 3. The Labute approximate surface area is 109 Å². The van der Waals surface area contributed by atoms with Crippen LogP contribution in [-0.2, 0) is 16.1 Å². The first kappa shape index (κ1) is 13.9. The highest BCUT2D eigenvalue weighted by Gasteiger charge is 2.55. The molecule has 3 nitrogen and oxygen atoms in total. The fourth-order valence-electron chi connectivity index (χ4n) is 1.93. The number of benzene rings is 1. The van der Waals surface area contributed by atoms with Crippen molar-refractivity contribution in [1.82, 2.24) is 4.90 Å². The zero-order valence-corrected chi connectivity index (χ0v) is 10.4. The Morgan fingerprint density at radius 2 is 1.95 bits per heavy atom. The van der Waals surface area contributed by atoms with Crippen molar-refractivity contribution >= 4 is 5.91 Å². The molecule has 2 rings (SSSR count).